The first-order valence-corrected chi connectivity index (χ1v) is 20.0. The number of nitrogens with zero attached hydrogens (tertiary/aromatic N) is 6. The van der Waals surface area contributed by atoms with Crippen molar-refractivity contribution in [1.82, 2.24) is 28.7 Å². The van der Waals surface area contributed by atoms with Gasteiger partial charge in [-0.1, -0.05) is 120 Å². The molecule has 0 saturated carbocycles. The zero-order chi connectivity index (χ0) is 39.2. The molecule has 0 N–H and O–H groups in total. The van der Waals surface area contributed by atoms with E-state index in [0.717, 1.165) is 66.4 Å². The first kappa shape index (κ1) is 33.3. The Hall–Kier alpha value is -7.83. The summed E-state index contributed by atoms with van der Waals surface area (Å²) in [6, 6.07) is 64.7. The number of aromatic nitrogens is 6. The van der Waals surface area contributed by atoms with Crippen LogP contribution in [0.25, 0.3) is 106 Å². The van der Waals surface area contributed by atoms with Gasteiger partial charge in [0.15, 0.2) is 11.6 Å². The fourth-order valence-corrected chi connectivity index (χ4v) is 9.25. The number of fused-ring (bicyclic) bond motifs is 9. The molecule has 0 spiro atoms. The van der Waals surface area contributed by atoms with Gasteiger partial charge in [-0.2, -0.15) is 9.97 Å². The summed E-state index contributed by atoms with van der Waals surface area (Å²) >= 11 is 0. The van der Waals surface area contributed by atoms with E-state index in [2.05, 4.69) is 210 Å². The maximum absolute atomic E-state index is 5.47. The van der Waals surface area contributed by atoms with Gasteiger partial charge in [0.05, 0.1) is 44.5 Å². The van der Waals surface area contributed by atoms with Crippen molar-refractivity contribution in [2.45, 2.75) is 13.8 Å². The van der Waals surface area contributed by atoms with E-state index in [-0.39, 0.29) is 0 Å². The van der Waals surface area contributed by atoms with Crippen LogP contribution < -0.4 is 0 Å². The predicted molar refractivity (Wildman–Crippen MR) is 243 cm³/mol. The maximum atomic E-state index is 5.47. The van der Waals surface area contributed by atoms with Crippen molar-refractivity contribution in [3.63, 3.8) is 0 Å². The minimum absolute atomic E-state index is 0.558. The Morgan fingerprint density at radius 3 is 1.07 bits per heavy atom. The SMILES string of the molecule is Cc1ccc2c(c1)c1cc(C)ccc1n2-c1ccccc1-c1nc(-c2ccccc2-n2c3ccccc3c3ccccc32)nc(-n2c3ccccc3c3ccccc32)n1. The van der Waals surface area contributed by atoms with Crippen LogP contribution in [0.1, 0.15) is 11.1 Å². The van der Waals surface area contributed by atoms with Gasteiger partial charge in [0.1, 0.15) is 0 Å². The van der Waals surface area contributed by atoms with Gasteiger partial charge in [-0.3, -0.25) is 4.57 Å². The van der Waals surface area contributed by atoms with Gasteiger partial charge < -0.3 is 9.13 Å². The molecule has 0 bridgehead atoms. The van der Waals surface area contributed by atoms with Crippen LogP contribution in [-0.4, -0.2) is 28.7 Å². The summed E-state index contributed by atoms with van der Waals surface area (Å²) in [5.74, 6) is 1.74. The van der Waals surface area contributed by atoms with Crippen LogP contribution in [0.15, 0.2) is 182 Å². The Kier molecular flexibility index (Phi) is 7.26. The predicted octanol–water partition coefficient (Wildman–Crippen LogP) is 13.1. The van der Waals surface area contributed by atoms with E-state index in [4.69, 9.17) is 15.0 Å². The molecule has 0 amide bonds. The zero-order valence-corrected chi connectivity index (χ0v) is 32.5. The first-order valence-electron chi connectivity index (χ1n) is 20.0. The van der Waals surface area contributed by atoms with E-state index < -0.39 is 0 Å². The molecule has 4 heterocycles. The van der Waals surface area contributed by atoms with Gasteiger partial charge in [-0.25, -0.2) is 4.98 Å². The highest BCUT2D eigenvalue weighted by Gasteiger charge is 2.23. The van der Waals surface area contributed by atoms with E-state index in [1.807, 2.05) is 0 Å². The Labute approximate surface area is 339 Å². The molecular formula is C53H36N6. The fraction of sp³-hybridized carbons (Fsp3) is 0.0377. The molecule has 0 aliphatic carbocycles. The molecule has 59 heavy (non-hydrogen) atoms. The summed E-state index contributed by atoms with van der Waals surface area (Å²) in [7, 11) is 0. The Morgan fingerprint density at radius 2 is 0.644 bits per heavy atom. The Balaban J connectivity index is 1.18. The number of benzene rings is 8. The van der Waals surface area contributed by atoms with Crippen LogP contribution in [0.4, 0.5) is 0 Å². The van der Waals surface area contributed by atoms with E-state index in [1.165, 1.54) is 32.7 Å². The molecule has 0 aliphatic heterocycles. The largest absolute Gasteiger partial charge is 0.309 e. The molecular weight excluding hydrogens is 721 g/mol. The molecule has 0 unspecified atom stereocenters. The van der Waals surface area contributed by atoms with E-state index in [1.54, 1.807) is 0 Å². The van der Waals surface area contributed by atoms with Gasteiger partial charge in [0, 0.05) is 43.4 Å². The van der Waals surface area contributed by atoms with Crippen LogP contribution in [0.5, 0.6) is 0 Å². The fourth-order valence-electron chi connectivity index (χ4n) is 9.25. The Morgan fingerprint density at radius 1 is 0.305 bits per heavy atom. The second-order valence-electron chi connectivity index (χ2n) is 15.4. The van der Waals surface area contributed by atoms with Crippen LogP contribution in [-0.2, 0) is 0 Å². The maximum Gasteiger partial charge on any atom is 0.238 e. The highest BCUT2D eigenvalue weighted by atomic mass is 15.2. The molecule has 278 valence electrons. The molecule has 0 saturated heterocycles. The first-order chi connectivity index (χ1) is 29.1. The third kappa shape index (κ3) is 5.03. The van der Waals surface area contributed by atoms with Crippen molar-refractivity contribution in [3.8, 4) is 40.1 Å². The number of aryl methyl sites for hydroxylation is 2. The van der Waals surface area contributed by atoms with Crippen molar-refractivity contribution >= 4 is 65.4 Å². The summed E-state index contributed by atoms with van der Waals surface area (Å²) in [5.41, 5.74) is 12.9. The van der Waals surface area contributed by atoms with Crippen molar-refractivity contribution in [1.29, 1.82) is 0 Å². The lowest BCUT2D eigenvalue weighted by atomic mass is 10.1. The van der Waals surface area contributed by atoms with Crippen LogP contribution >= 0.6 is 0 Å². The molecule has 12 rings (SSSR count). The second-order valence-corrected chi connectivity index (χ2v) is 15.4. The molecule has 4 aromatic heterocycles. The molecule has 6 heteroatoms. The third-order valence-electron chi connectivity index (χ3n) is 11.8. The number of hydrogen-bond donors (Lipinski definition) is 0. The van der Waals surface area contributed by atoms with Crippen LogP contribution in [0, 0.1) is 13.8 Å². The van der Waals surface area contributed by atoms with Crippen molar-refractivity contribution in [2.75, 3.05) is 0 Å². The van der Waals surface area contributed by atoms with Gasteiger partial charge in [0.25, 0.3) is 0 Å². The van der Waals surface area contributed by atoms with Gasteiger partial charge in [-0.05, 0) is 86.6 Å². The number of rotatable bonds is 5. The van der Waals surface area contributed by atoms with Gasteiger partial charge >= 0.3 is 0 Å². The lowest BCUT2D eigenvalue weighted by molar-refractivity contribution is 0.950. The van der Waals surface area contributed by atoms with Crippen molar-refractivity contribution in [3.05, 3.63) is 193 Å². The van der Waals surface area contributed by atoms with Gasteiger partial charge in [-0.15, -0.1) is 0 Å². The molecule has 0 aliphatic rings. The summed E-state index contributed by atoms with van der Waals surface area (Å²) in [5, 5.41) is 7.14. The highest BCUT2D eigenvalue weighted by Crippen LogP contribution is 2.40. The summed E-state index contributed by atoms with van der Waals surface area (Å²) in [4.78, 5) is 16.3. The van der Waals surface area contributed by atoms with Crippen LogP contribution in [0.2, 0.25) is 0 Å². The van der Waals surface area contributed by atoms with E-state index >= 15 is 0 Å². The van der Waals surface area contributed by atoms with E-state index in [0.29, 0.717) is 17.6 Å². The average molecular weight is 757 g/mol. The standard InChI is InChI=1S/C53H36N6/c1-33-27-29-49-41(31-33)42-32-34(2)28-30-50(42)58(49)48-26-14-8-20-40(48)52-54-51(55-53(56-52)59-45-23-11-5-17-37(45)38-18-6-12-24-46(38)59)39-19-7-13-25-47(39)57-43-21-9-3-15-35(43)36-16-4-10-22-44(36)57/h3-32H,1-2H3. The van der Waals surface area contributed by atoms with E-state index in [9.17, 15) is 0 Å². The number of para-hydroxylation sites is 6. The van der Waals surface area contributed by atoms with Crippen molar-refractivity contribution < 1.29 is 0 Å². The monoisotopic (exact) mass is 756 g/mol. The minimum atomic E-state index is 0.558. The summed E-state index contributed by atoms with van der Waals surface area (Å²) in [6.45, 7) is 4.32. The third-order valence-corrected chi connectivity index (χ3v) is 11.8. The topological polar surface area (TPSA) is 53.5 Å². The Bertz CT molecular complexity index is 3490. The average Bonchev–Trinajstić information content (AvgIpc) is 3.91. The molecule has 12 aromatic rings. The smallest absolute Gasteiger partial charge is 0.238 e. The number of hydrogen-bond acceptors (Lipinski definition) is 3. The molecule has 6 nitrogen and oxygen atoms in total. The van der Waals surface area contributed by atoms with Crippen molar-refractivity contribution in [2.24, 2.45) is 0 Å². The molecule has 0 fully saturated rings. The molecule has 0 atom stereocenters. The normalized spacial score (nSPS) is 11.9. The quantitative estimate of drug-likeness (QED) is 0.176. The summed E-state index contributed by atoms with van der Waals surface area (Å²) in [6.07, 6.45) is 0. The zero-order valence-electron chi connectivity index (χ0n) is 32.5. The molecule has 0 radical (unpaired) electrons. The molecule has 8 aromatic carbocycles. The summed E-state index contributed by atoms with van der Waals surface area (Å²) < 4.78 is 6.91. The lowest BCUT2D eigenvalue weighted by Gasteiger charge is -2.17. The van der Waals surface area contributed by atoms with Gasteiger partial charge in [0.2, 0.25) is 5.95 Å². The minimum Gasteiger partial charge on any atom is -0.309 e. The lowest BCUT2D eigenvalue weighted by Crippen LogP contribution is -2.09. The highest BCUT2D eigenvalue weighted by molar-refractivity contribution is 6.12. The second kappa shape index (κ2) is 12.8. The van der Waals surface area contributed by atoms with Crippen LogP contribution in [0.3, 0.4) is 0 Å².